The summed E-state index contributed by atoms with van der Waals surface area (Å²) in [5.74, 6) is 0.680. The number of aliphatic imine (C=N–C) groups is 1. The van der Waals surface area contributed by atoms with Gasteiger partial charge in [0.25, 0.3) is 0 Å². The van der Waals surface area contributed by atoms with Crippen LogP contribution in [-0.2, 0) is 0 Å². The van der Waals surface area contributed by atoms with Gasteiger partial charge in [0.05, 0.1) is 11.8 Å². The number of amidine groups is 1. The quantitative estimate of drug-likeness (QED) is 0.618. The average molecular weight is 179 g/mol. The Balaban J connectivity index is 2.53. The van der Waals surface area contributed by atoms with Gasteiger partial charge >= 0.3 is 0 Å². The summed E-state index contributed by atoms with van der Waals surface area (Å²) < 4.78 is 0. The third-order valence-electron chi connectivity index (χ3n) is 2.17. The van der Waals surface area contributed by atoms with Crippen LogP contribution in [0.5, 0.6) is 0 Å². The molecule has 0 fully saturated rings. The van der Waals surface area contributed by atoms with E-state index in [1.165, 1.54) is 5.73 Å². The highest BCUT2D eigenvalue weighted by Crippen LogP contribution is 2.05. The van der Waals surface area contributed by atoms with Crippen LogP contribution >= 0.6 is 0 Å². The Labute approximate surface area is 82.4 Å². The van der Waals surface area contributed by atoms with Gasteiger partial charge in [-0.1, -0.05) is 27.5 Å². The molecule has 0 bridgehead atoms. The first-order valence-corrected chi connectivity index (χ1v) is 5.27. The molecule has 1 heterocycles. The molecule has 0 aliphatic carbocycles. The van der Waals surface area contributed by atoms with E-state index in [0.29, 0.717) is 12.0 Å². The van der Waals surface area contributed by atoms with Crippen molar-refractivity contribution in [3.63, 3.8) is 0 Å². The standard InChI is InChI=1S/C8H19B2N3/c1-6(2)5-13-8(10-4)11-7(9-3)12-13/h6-7,9-10,12H,5H2,1-4H3. The maximum absolute atomic E-state index is 4.59. The van der Waals surface area contributed by atoms with E-state index in [-0.39, 0.29) is 0 Å². The Bertz CT molecular complexity index is 194. The lowest BCUT2D eigenvalue weighted by Crippen LogP contribution is -2.45. The Morgan fingerprint density at radius 1 is 1.54 bits per heavy atom. The molecule has 0 spiro atoms. The summed E-state index contributed by atoms with van der Waals surface area (Å²) in [6, 6.07) is 0.314. The summed E-state index contributed by atoms with van der Waals surface area (Å²) in [5.41, 5.74) is 4.61. The lowest BCUT2D eigenvalue weighted by atomic mass is 9.77. The second-order valence-electron chi connectivity index (χ2n) is 3.96. The normalized spacial score (nSPS) is 22.1. The molecule has 0 saturated heterocycles. The molecule has 1 rings (SSSR count). The van der Waals surface area contributed by atoms with E-state index in [9.17, 15) is 0 Å². The zero-order chi connectivity index (χ0) is 9.84. The molecular formula is C8H19B2N3. The first-order chi connectivity index (χ1) is 6.17. The van der Waals surface area contributed by atoms with Gasteiger partial charge in [0, 0.05) is 6.54 Å². The molecule has 0 saturated carbocycles. The van der Waals surface area contributed by atoms with Crippen molar-refractivity contribution >= 4 is 20.3 Å². The van der Waals surface area contributed by atoms with Crippen molar-refractivity contribution in [3.8, 4) is 0 Å². The van der Waals surface area contributed by atoms with E-state index in [1.807, 2.05) is 0 Å². The molecule has 1 N–H and O–H groups in total. The predicted molar refractivity (Wildman–Crippen MR) is 61.9 cm³/mol. The largest absolute Gasteiger partial charge is 0.303 e. The minimum atomic E-state index is 0.314. The molecule has 0 aromatic rings. The molecule has 3 nitrogen and oxygen atoms in total. The second-order valence-corrected chi connectivity index (χ2v) is 3.96. The molecule has 0 radical (unpaired) electrons. The zero-order valence-corrected chi connectivity index (χ0v) is 9.17. The van der Waals surface area contributed by atoms with Crippen LogP contribution in [0.4, 0.5) is 0 Å². The highest BCUT2D eigenvalue weighted by Gasteiger charge is 2.22. The van der Waals surface area contributed by atoms with Crippen LogP contribution in [0.3, 0.4) is 0 Å². The Morgan fingerprint density at radius 3 is 2.69 bits per heavy atom. The molecule has 5 heteroatoms. The minimum Gasteiger partial charge on any atom is -0.303 e. The molecule has 1 atom stereocenters. The maximum Gasteiger partial charge on any atom is 0.202 e. The lowest BCUT2D eigenvalue weighted by Gasteiger charge is -2.23. The van der Waals surface area contributed by atoms with Gasteiger partial charge in [-0.05, 0) is 5.92 Å². The smallest absolute Gasteiger partial charge is 0.202 e. The monoisotopic (exact) mass is 179 g/mol. The third-order valence-corrected chi connectivity index (χ3v) is 2.17. The molecule has 1 aliphatic heterocycles. The molecular weight excluding hydrogens is 160 g/mol. The minimum absolute atomic E-state index is 0.314. The van der Waals surface area contributed by atoms with Crippen LogP contribution in [0.15, 0.2) is 4.99 Å². The zero-order valence-electron chi connectivity index (χ0n) is 9.17. The first kappa shape index (κ1) is 10.6. The van der Waals surface area contributed by atoms with E-state index in [0.717, 1.165) is 21.1 Å². The van der Waals surface area contributed by atoms with E-state index < -0.39 is 0 Å². The second kappa shape index (κ2) is 4.70. The molecule has 1 unspecified atom stereocenters. The lowest BCUT2D eigenvalue weighted by molar-refractivity contribution is 0.296. The van der Waals surface area contributed by atoms with Crippen LogP contribution in [0.25, 0.3) is 0 Å². The fraction of sp³-hybridized carbons (Fsp3) is 0.875. The van der Waals surface area contributed by atoms with Gasteiger partial charge in [-0.15, -0.1) is 0 Å². The number of rotatable bonds is 4. The summed E-state index contributed by atoms with van der Waals surface area (Å²) >= 11 is 0. The van der Waals surface area contributed by atoms with Crippen molar-refractivity contribution < 1.29 is 0 Å². The summed E-state index contributed by atoms with van der Waals surface area (Å²) in [5, 5.41) is 2.21. The van der Waals surface area contributed by atoms with E-state index in [4.69, 9.17) is 0 Å². The van der Waals surface area contributed by atoms with Gasteiger partial charge < -0.3 is 5.01 Å². The third kappa shape index (κ3) is 2.76. The van der Waals surface area contributed by atoms with Crippen LogP contribution in [0.2, 0.25) is 13.6 Å². The van der Waals surface area contributed by atoms with Crippen LogP contribution in [0.1, 0.15) is 13.8 Å². The Morgan fingerprint density at radius 2 is 2.23 bits per heavy atom. The first-order valence-electron chi connectivity index (χ1n) is 5.27. The van der Waals surface area contributed by atoms with Crippen molar-refractivity contribution in [2.45, 2.75) is 33.6 Å². The summed E-state index contributed by atoms with van der Waals surface area (Å²) in [4.78, 5) is 4.59. The van der Waals surface area contributed by atoms with Gasteiger partial charge in [-0.25, -0.2) is 5.43 Å². The fourth-order valence-electron chi connectivity index (χ4n) is 1.52. The van der Waals surface area contributed by atoms with Crippen molar-refractivity contribution in [3.05, 3.63) is 0 Å². The van der Waals surface area contributed by atoms with Gasteiger partial charge in [0.1, 0.15) is 0 Å². The summed E-state index contributed by atoms with van der Waals surface area (Å²) in [6.07, 6.45) is 0. The Hall–Kier alpha value is -0.440. The van der Waals surface area contributed by atoms with Crippen molar-refractivity contribution in [2.75, 3.05) is 6.54 Å². The van der Waals surface area contributed by atoms with Gasteiger partial charge in [-0.3, -0.25) is 4.99 Å². The number of nitrogens with one attached hydrogen (secondary N) is 1. The average Bonchev–Trinajstić information content (AvgIpc) is 2.46. The highest BCUT2D eigenvalue weighted by atomic mass is 15.6. The van der Waals surface area contributed by atoms with Crippen molar-refractivity contribution in [1.29, 1.82) is 0 Å². The van der Waals surface area contributed by atoms with Crippen LogP contribution in [-0.4, -0.2) is 37.9 Å². The summed E-state index contributed by atoms with van der Waals surface area (Å²) in [6.45, 7) is 9.84. The number of hydrogen-bond acceptors (Lipinski definition) is 3. The van der Waals surface area contributed by atoms with E-state index in [1.54, 1.807) is 0 Å². The van der Waals surface area contributed by atoms with E-state index in [2.05, 4.69) is 42.9 Å². The Kier molecular flexibility index (Phi) is 3.85. The number of nitrogens with zero attached hydrogens (tertiary/aromatic N) is 2. The topological polar surface area (TPSA) is 27.6 Å². The highest BCUT2D eigenvalue weighted by molar-refractivity contribution is 6.74. The van der Waals surface area contributed by atoms with Gasteiger partial charge in [0.15, 0.2) is 7.28 Å². The van der Waals surface area contributed by atoms with Crippen LogP contribution in [0, 0.1) is 5.92 Å². The number of hydrogen-bond donors (Lipinski definition) is 1. The van der Waals surface area contributed by atoms with E-state index >= 15 is 0 Å². The molecule has 0 aromatic carbocycles. The SMILES string of the molecule is CBC1=NC(BC)NN1CC(C)C. The molecule has 72 valence electrons. The molecule has 0 aromatic heterocycles. The number of hydrazine groups is 1. The maximum atomic E-state index is 4.59. The van der Waals surface area contributed by atoms with Crippen molar-refractivity contribution in [2.24, 2.45) is 10.9 Å². The van der Waals surface area contributed by atoms with Gasteiger partial charge in [-0.2, -0.15) is 0 Å². The van der Waals surface area contributed by atoms with Gasteiger partial charge in [0.2, 0.25) is 7.28 Å². The summed E-state index contributed by atoms with van der Waals surface area (Å²) in [7, 11) is 2.09. The molecule has 0 amide bonds. The van der Waals surface area contributed by atoms with Crippen molar-refractivity contribution in [1.82, 2.24) is 10.4 Å². The van der Waals surface area contributed by atoms with Crippen LogP contribution < -0.4 is 5.43 Å². The fourth-order valence-corrected chi connectivity index (χ4v) is 1.52. The molecule has 13 heavy (non-hydrogen) atoms. The predicted octanol–water partition coefficient (Wildman–Crippen LogP) is 0.0714. The molecule has 1 aliphatic rings.